The van der Waals surface area contributed by atoms with Crippen LogP contribution in [0, 0.1) is 0 Å². The molecule has 1 aromatic heterocycles. The number of hydrogen-bond donors (Lipinski definition) is 3. The number of aromatic hydroxyl groups is 1. The van der Waals surface area contributed by atoms with Gasteiger partial charge in [0.2, 0.25) is 5.91 Å². The lowest BCUT2D eigenvalue weighted by atomic mass is 9.80. The summed E-state index contributed by atoms with van der Waals surface area (Å²) in [4.78, 5) is 13.8. The SMILES string of the molecule is CC(=O)Nc1c[nH]c2ccc(O)cc12.FC(F)(F)c1ccc(C2CCC2)cc1. The van der Waals surface area contributed by atoms with Crippen molar-refractivity contribution < 1.29 is 23.1 Å². The molecule has 2 aromatic carbocycles. The van der Waals surface area contributed by atoms with Crippen LogP contribution in [0.4, 0.5) is 18.9 Å². The molecule has 0 saturated heterocycles. The predicted molar refractivity (Wildman–Crippen MR) is 102 cm³/mol. The van der Waals surface area contributed by atoms with Gasteiger partial charge in [0.1, 0.15) is 5.75 Å². The van der Waals surface area contributed by atoms with E-state index in [9.17, 15) is 23.1 Å². The third-order valence-electron chi connectivity index (χ3n) is 4.79. The van der Waals surface area contributed by atoms with Crippen molar-refractivity contribution in [3.8, 4) is 5.75 Å². The highest BCUT2D eigenvalue weighted by molar-refractivity contribution is 6.01. The van der Waals surface area contributed by atoms with Gasteiger partial charge in [0.25, 0.3) is 0 Å². The molecular formula is C21H21F3N2O2. The Balaban J connectivity index is 0.000000161. The number of halogens is 3. The lowest BCUT2D eigenvalue weighted by Gasteiger charge is -2.25. The van der Waals surface area contributed by atoms with Crippen LogP contribution < -0.4 is 5.32 Å². The van der Waals surface area contributed by atoms with Crippen molar-refractivity contribution in [3.05, 3.63) is 59.8 Å². The van der Waals surface area contributed by atoms with Crippen LogP contribution in [-0.2, 0) is 11.0 Å². The van der Waals surface area contributed by atoms with E-state index in [1.807, 2.05) is 0 Å². The van der Waals surface area contributed by atoms with Crippen molar-refractivity contribution in [2.24, 2.45) is 0 Å². The Morgan fingerprint density at radius 2 is 1.82 bits per heavy atom. The van der Waals surface area contributed by atoms with Crippen LogP contribution in [-0.4, -0.2) is 16.0 Å². The van der Waals surface area contributed by atoms with Crippen molar-refractivity contribution in [1.82, 2.24) is 4.98 Å². The summed E-state index contributed by atoms with van der Waals surface area (Å²) in [6.45, 7) is 1.45. The molecule has 4 nitrogen and oxygen atoms in total. The van der Waals surface area contributed by atoms with Gasteiger partial charge >= 0.3 is 6.18 Å². The zero-order valence-electron chi connectivity index (χ0n) is 15.3. The van der Waals surface area contributed by atoms with E-state index in [1.54, 1.807) is 36.5 Å². The summed E-state index contributed by atoms with van der Waals surface area (Å²) in [7, 11) is 0. The fourth-order valence-corrected chi connectivity index (χ4v) is 3.09. The number of benzene rings is 2. The summed E-state index contributed by atoms with van der Waals surface area (Å²) in [6, 6.07) is 10.5. The summed E-state index contributed by atoms with van der Waals surface area (Å²) in [5.41, 5.74) is 2.06. The first-order chi connectivity index (χ1) is 13.2. The molecule has 28 heavy (non-hydrogen) atoms. The number of hydrogen-bond acceptors (Lipinski definition) is 2. The number of amides is 1. The predicted octanol–water partition coefficient (Wildman–Crippen LogP) is 5.80. The maximum atomic E-state index is 12.2. The number of rotatable bonds is 2. The molecule has 0 bridgehead atoms. The van der Waals surface area contributed by atoms with E-state index in [4.69, 9.17) is 0 Å². The van der Waals surface area contributed by atoms with Gasteiger partial charge in [-0.25, -0.2) is 0 Å². The fraction of sp³-hybridized carbons (Fsp3) is 0.286. The zero-order chi connectivity index (χ0) is 20.3. The van der Waals surface area contributed by atoms with Crippen LogP contribution in [0.15, 0.2) is 48.7 Å². The van der Waals surface area contributed by atoms with Crippen LogP contribution in [0.3, 0.4) is 0 Å². The van der Waals surface area contributed by atoms with Crippen molar-refractivity contribution in [1.29, 1.82) is 0 Å². The molecule has 0 spiro atoms. The molecule has 1 heterocycles. The van der Waals surface area contributed by atoms with E-state index in [0.29, 0.717) is 11.6 Å². The highest BCUT2D eigenvalue weighted by Gasteiger charge is 2.30. The molecule has 3 aromatic rings. The minimum Gasteiger partial charge on any atom is -0.508 e. The Bertz CT molecular complexity index is 958. The van der Waals surface area contributed by atoms with E-state index in [2.05, 4.69) is 10.3 Å². The molecule has 0 radical (unpaired) electrons. The summed E-state index contributed by atoms with van der Waals surface area (Å²) >= 11 is 0. The number of aromatic amines is 1. The molecule has 7 heteroatoms. The second-order valence-electron chi connectivity index (χ2n) is 6.86. The molecule has 3 N–H and O–H groups in total. The van der Waals surface area contributed by atoms with E-state index in [1.165, 1.54) is 25.5 Å². The number of phenolic OH excluding ortho intramolecular Hbond substituents is 1. The van der Waals surface area contributed by atoms with Gasteiger partial charge in [0.05, 0.1) is 11.3 Å². The molecule has 0 atom stereocenters. The molecule has 0 aliphatic heterocycles. The molecule has 1 fully saturated rings. The first-order valence-corrected chi connectivity index (χ1v) is 8.99. The Hall–Kier alpha value is -2.96. The van der Waals surface area contributed by atoms with Crippen molar-refractivity contribution in [3.63, 3.8) is 0 Å². The number of H-pyrrole nitrogens is 1. The summed E-state index contributed by atoms with van der Waals surface area (Å²) in [5.74, 6) is 0.551. The summed E-state index contributed by atoms with van der Waals surface area (Å²) < 4.78 is 36.6. The molecule has 1 aliphatic carbocycles. The average molecular weight is 390 g/mol. The van der Waals surface area contributed by atoms with Gasteiger partial charge in [0.15, 0.2) is 0 Å². The molecule has 4 rings (SSSR count). The molecule has 148 valence electrons. The van der Waals surface area contributed by atoms with Gasteiger partial charge in [0, 0.05) is 24.0 Å². The zero-order valence-corrected chi connectivity index (χ0v) is 15.3. The number of aromatic nitrogens is 1. The second-order valence-corrected chi connectivity index (χ2v) is 6.86. The van der Waals surface area contributed by atoms with Gasteiger partial charge in [-0.1, -0.05) is 18.6 Å². The smallest absolute Gasteiger partial charge is 0.416 e. The van der Waals surface area contributed by atoms with Crippen molar-refractivity contribution in [2.45, 2.75) is 38.3 Å². The highest BCUT2D eigenvalue weighted by Crippen LogP contribution is 2.37. The Labute approximate surface area is 160 Å². The maximum absolute atomic E-state index is 12.2. The second kappa shape index (κ2) is 7.96. The lowest BCUT2D eigenvalue weighted by molar-refractivity contribution is -0.137. The van der Waals surface area contributed by atoms with E-state index >= 15 is 0 Å². The quantitative estimate of drug-likeness (QED) is 0.517. The summed E-state index contributed by atoms with van der Waals surface area (Å²) in [5, 5.41) is 12.8. The first kappa shape index (κ1) is 19.8. The van der Waals surface area contributed by atoms with Crippen molar-refractivity contribution in [2.75, 3.05) is 5.32 Å². The van der Waals surface area contributed by atoms with Gasteiger partial charge in [-0.05, 0) is 54.7 Å². The van der Waals surface area contributed by atoms with Gasteiger partial charge < -0.3 is 15.4 Å². The number of carbonyl (C=O) groups excluding carboxylic acids is 1. The molecule has 1 saturated carbocycles. The third kappa shape index (κ3) is 4.65. The first-order valence-electron chi connectivity index (χ1n) is 8.99. The number of carbonyl (C=O) groups is 1. The van der Waals surface area contributed by atoms with E-state index in [-0.39, 0.29) is 11.7 Å². The topological polar surface area (TPSA) is 65.1 Å². The van der Waals surface area contributed by atoms with Crippen LogP contribution in [0.5, 0.6) is 5.75 Å². The van der Waals surface area contributed by atoms with Gasteiger partial charge in [-0.3, -0.25) is 4.79 Å². The minimum absolute atomic E-state index is 0.130. The van der Waals surface area contributed by atoms with Crippen molar-refractivity contribution >= 4 is 22.5 Å². The standard InChI is InChI=1S/C11H11F3.C10H10N2O2/c12-11(13,14)10-6-4-9(5-7-10)8-2-1-3-8;1-6(13)12-10-5-11-9-3-2-7(14)4-8(9)10/h4-8H,1-3H2;2-5,11,14H,1H3,(H,12,13). The van der Waals surface area contributed by atoms with E-state index < -0.39 is 11.7 Å². The largest absolute Gasteiger partial charge is 0.508 e. The number of alkyl halides is 3. The molecule has 1 amide bonds. The molecule has 0 unspecified atom stereocenters. The van der Waals surface area contributed by atoms with Gasteiger partial charge in [-0.15, -0.1) is 0 Å². The average Bonchev–Trinajstić information content (AvgIpc) is 2.95. The highest BCUT2D eigenvalue weighted by atomic mass is 19.4. The van der Waals surface area contributed by atoms with Crippen LogP contribution in [0.2, 0.25) is 0 Å². The summed E-state index contributed by atoms with van der Waals surface area (Å²) in [6.07, 6.45) is 0.923. The fourth-order valence-electron chi connectivity index (χ4n) is 3.09. The molecular weight excluding hydrogens is 369 g/mol. The number of anilines is 1. The van der Waals surface area contributed by atoms with Crippen LogP contribution >= 0.6 is 0 Å². The lowest BCUT2D eigenvalue weighted by Crippen LogP contribution is -2.10. The minimum atomic E-state index is -4.21. The van der Waals surface area contributed by atoms with Crippen LogP contribution in [0.25, 0.3) is 10.9 Å². The van der Waals surface area contributed by atoms with E-state index in [0.717, 1.165) is 29.3 Å². The molecule has 1 aliphatic rings. The van der Waals surface area contributed by atoms with Crippen LogP contribution in [0.1, 0.15) is 43.2 Å². The number of nitrogens with one attached hydrogen (secondary N) is 2. The maximum Gasteiger partial charge on any atom is 0.416 e. The third-order valence-corrected chi connectivity index (χ3v) is 4.79. The Morgan fingerprint density at radius 3 is 2.36 bits per heavy atom. The Kier molecular flexibility index (Phi) is 5.63. The normalized spacial score (nSPS) is 14.1. The number of fused-ring (bicyclic) bond motifs is 1. The monoisotopic (exact) mass is 390 g/mol. The Morgan fingerprint density at radius 1 is 1.14 bits per heavy atom. The number of phenols is 1. The van der Waals surface area contributed by atoms with Gasteiger partial charge in [-0.2, -0.15) is 13.2 Å².